The van der Waals surface area contributed by atoms with Crippen LogP contribution in [0.2, 0.25) is 0 Å². The highest BCUT2D eigenvalue weighted by Gasteiger charge is 2.46. The van der Waals surface area contributed by atoms with E-state index in [4.69, 9.17) is 4.74 Å². The van der Waals surface area contributed by atoms with Crippen molar-refractivity contribution in [2.75, 3.05) is 26.3 Å². The van der Waals surface area contributed by atoms with Gasteiger partial charge in [0.05, 0.1) is 13.2 Å². The van der Waals surface area contributed by atoms with Gasteiger partial charge >= 0.3 is 0 Å². The summed E-state index contributed by atoms with van der Waals surface area (Å²) in [5, 5.41) is 3.47. The van der Waals surface area contributed by atoms with Gasteiger partial charge < -0.3 is 10.1 Å². The van der Waals surface area contributed by atoms with Crippen LogP contribution in [0.3, 0.4) is 0 Å². The van der Waals surface area contributed by atoms with Gasteiger partial charge in [-0.15, -0.1) is 0 Å². The average molecular weight is 259 g/mol. The first-order valence-corrected chi connectivity index (χ1v) is 7.73. The summed E-state index contributed by atoms with van der Waals surface area (Å²) < 4.78 is 5.60. The molecule has 0 unspecified atom stereocenters. The molecule has 1 aromatic carbocycles. The van der Waals surface area contributed by atoms with Crippen LogP contribution in [0.15, 0.2) is 24.3 Å². The second kappa shape index (κ2) is 5.64. The van der Waals surface area contributed by atoms with Crippen molar-refractivity contribution in [3.63, 3.8) is 0 Å². The molecule has 2 heterocycles. The van der Waals surface area contributed by atoms with E-state index in [1.807, 2.05) is 0 Å². The highest BCUT2D eigenvalue weighted by molar-refractivity contribution is 5.32. The molecule has 0 amide bonds. The van der Waals surface area contributed by atoms with E-state index < -0.39 is 0 Å². The lowest BCUT2D eigenvalue weighted by Crippen LogP contribution is -2.54. The Morgan fingerprint density at radius 2 is 1.84 bits per heavy atom. The molecule has 2 saturated heterocycles. The number of hydrogen-bond acceptors (Lipinski definition) is 2. The zero-order valence-corrected chi connectivity index (χ0v) is 12.0. The molecule has 0 saturated carbocycles. The number of piperidine rings is 1. The van der Waals surface area contributed by atoms with Gasteiger partial charge in [0.15, 0.2) is 0 Å². The zero-order valence-electron chi connectivity index (χ0n) is 12.0. The first-order chi connectivity index (χ1) is 9.35. The summed E-state index contributed by atoms with van der Waals surface area (Å²) in [7, 11) is 0. The normalized spacial score (nSPS) is 23.0. The maximum Gasteiger partial charge on any atom is 0.0588 e. The van der Waals surface area contributed by atoms with E-state index in [0.29, 0.717) is 5.41 Å². The fraction of sp³-hybridized carbons (Fsp3) is 0.647. The fourth-order valence-electron chi connectivity index (χ4n) is 3.63. The van der Waals surface area contributed by atoms with Gasteiger partial charge in [0.2, 0.25) is 0 Å². The highest BCUT2D eigenvalue weighted by atomic mass is 16.5. The van der Waals surface area contributed by atoms with Gasteiger partial charge in [-0.25, -0.2) is 0 Å². The third kappa shape index (κ3) is 2.44. The van der Waals surface area contributed by atoms with Gasteiger partial charge in [-0.2, -0.15) is 0 Å². The van der Waals surface area contributed by atoms with E-state index in [1.54, 1.807) is 0 Å². The van der Waals surface area contributed by atoms with E-state index in [0.717, 1.165) is 19.1 Å². The van der Waals surface area contributed by atoms with Crippen LogP contribution in [0.4, 0.5) is 0 Å². The van der Waals surface area contributed by atoms with Gasteiger partial charge in [0.1, 0.15) is 0 Å². The van der Waals surface area contributed by atoms with Crippen LogP contribution < -0.4 is 5.32 Å². The Balaban J connectivity index is 1.80. The monoisotopic (exact) mass is 259 g/mol. The van der Waals surface area contributed by atoms with Gasteiger partial charge in [-0.1, -0.05) is 37.6 Å². The van der Waals surface area contributed by atoms with Crippen LogP contribution in [0.25, 0.3) is 0 Å². The minimum Gasteiger partial charge on any atom is -0.379 e. The largest absolute Gasteiger partial charge is 0.379 e. The van der Waals surface area contributed by atoms with Crippen LogP contribution in [-0.4, -0.2) is 26.3 Å². The van der Waals surface area contributed by atoms with Crippen LogP contribution >= 0.6 is 0 Å². The summed E-state index contributed by atoms with van der Waals surface area (Å²) in [5.41, 5.74) is 3.28. The number of rotatable bonds is 4. The summed E-state index contributed by atoms with van der Waals surface area (Å²) in [6.07, 6.45) is 5.00. The molecule has 2 aliphatic rings. The Morgan fingerprint density at radius 3 is 2.37 bits per heavy atom. The molecule has 2 fully saturated rings. The maximum absolute atomic E-state index is 5.60. The van der Waals surface area contributed by atoms with Crippen LogP contribution in [0, 0.1) is 5.92 Å². The molecule has 0 bridgehead atoms. The van der Waals surface area contributed by atoms with Crippen molar-refractivity contribution in [2.45, 2.75) is 38.0 Å². The molecule has 0 aromatic heterocycles. The molecule has 19 heavy (non-hydrogen) atoms. The average Bonchev–Trinajstić information content (AvgIpc) is 2.41. The number of hydrogen-bond donors (Lipinski definition) is 1. The van der Waals surface area contributed by atoms with Gasteiger partial charge in [0, 0.05) is 5.41 Å². The fourth-order valence-corrected chi connectivity index (χ4v) is 3.63. The highest BCUT2D eigenvalue weighted by Crippen LogP contribution is 2.43. The van der Waals surface area contributed by atoms with Crippen LogP contribution in [-0.2, 0) is 16.6 Å². The number of ether oxygens (including phenoxy) is 1. The van der Waals surface area contributed by atoms with E-state index >= 15 is 0 Å². The Labute approximate surface area is 116 Å². The summed E-state index contributed by atoms with van der Waals surface area (Å²) in [4.78, 5) is 0. The molecule has 0 radical (unpaired) electrons. The minimum absolute atomic E-state index is 0.312. The quantitative estimate of drug-likeness (QED) is 0.897. The first kappa shape index (κ1) is 13.1. The van der Waals surface area contributed by atoms with Gasteiger partial charge in [-0.05, 0) is 49.4 Å². The Bertz CT molecular complexity index is 402. The van der Waals surface area contributed by atoms with E-state index in [1.165, 1.54) is 49.9 Å². The van der Waals surface area contributed by atoms with Crippen molar-refractivity contribution < 1.29 is 4.74 Å². The molecule has 0 aliphatic carbocycles. The zero-order chi connectivity index (χ0) is 13.1. The molecule has 0 atom stereocenters. The van der Waals surface area contributed by atoms with Gasteiger partial charge in [0.25, 0.3) is 0 Å². The summed E-state index contributed by atoms with van der Waals surface area (Å²) in [6.45, 7) is 6.42. The van der Waals surface area contributed by atoms with Gasteiger partial charge in [-0.3, -0.25) is 0 Å². The third-order valence-electron chi connectivity index (χ3n) is 4.91. The Hall–Kier alpha value is -0.860. The SMILES string of the molecule is CCCc1ccc(C2(C3CCNCC3)COC2)cc1. The Kier molecular flexibility index (Phi) is 3.90. The summed E-state index contributed by atoms with van der Waals surface area (Å²) >= 11 is 0. The summed E-state index contributed by atoms with van der Waals surface area (Å²) in [6, 6.07) is 9.35. The predicted molar refractivity (Wildman–Crippen MR) is 78.5 cm³/mol. The predicted octanol–water partition coefficient (Wildman–Crippen LogP) is 2.91. The minimum atomic E-state index is 0.312. The lowest BCUT2D eigenvalue weighted by atomic mass is 9.65. The molecule has 3 rings (SSSR count). The third-order valence-corrected chi connectivity index (χ3v) is 4.91. The topological polar surface area (TPSA) is 21.3 Å². The van der Waals surface area contributed by atoms with E-state index in [9.17, 15) is 0 Å². The molecule has 2 heteroatoms. The number of nitrogens with one attached hydrogen (secondary N) is 1. The Morgan fingerprint density at radius 1 is 1.16 bits per heavy atom. The summed E-state index contributed by atoms with van der Waals surface area (Å²) in [5.74, 6) is 0.791. The second-order valence-corrected chi connectivity index (χ2v) is 6.12. The standard InChI is InChI=1S/C17H25NO/c1-2-3-14-4-6-15(7-5-14)17(12-19-13-17)16-8-10-18-11-9-16/h4-7,16,18H,2-3,8-13H2,1H3. The molecule has 2 aliphatic heterocycles. The maximum atomic E-state index is 5.60. The first-order valence-electron chi connectivity index (χ1n) is 7.73. The smallest absolute Gasteiger partial charge is 0.0588 e. The van der Waals surface area contributed by atoms with Crippen LogP contribution in [0.1, 0.15) is 37.3 Å². The second-order valence-electron chi connectivity index (χ2n) is 6.12. The number of benzene rings is 1. The lowest BCUT2D eigenvalue weighted by Gasteiger charge is -2.49. The van der Waals surface area contributed by atoms with E-state index in [2.05, 4.69) is 36.5 Å². The van der Waals surface area contributed by atoms with E-state index in [-0.39, 0.29) is 0 Å². The van der Waals surface area contributed by atoms with Crippen molar-refractivity contribution in [3.05, 3.63) is 35.4 Å². The molecular weight excluding hydrogens is 234 g/mol. The lowest BCUT2D eigenvalue weighted by molar-refractivity contribution is -0.0963. The molecule has 2 nitrogen and oxygen atoms in total. The molecule has 1 aromatic rings. The van der Waals surface area contributed by atoms with Crippen molar-refractivity contribution in [2.24, 2.45) is 5.92 Å². The molecule has 104 valence electrons. The number of aryl methyl sites for hydroxylation is 1. The molecule has 1 N–H and O–H groups in total. The van der Waals surface area contributed by atoms with Crippen molar-refractivity contribution in [1.82, 2.24) is 5.32 Å². The van der Waals surface area contributed by atoms with Crippen molar-refractivity contribution in [3.8, 4) is 0 Å². The van der Waals surface area contributed by atoms with Crippen molar-refractivity contribution in [1.29, 1.82) is 0 Å². The van der Waals surface area contributed by atoms with Crippen molar-refractivity contribution >= 4 is 0 Å². The molecule has 0 spiro atoms. The molecular formula is C17H25NO. The van der Waals surface area contributed by atoms with Crippen LogP contribution in [0.5, 0.6) is 0 Å².